The van der Waals surface area contributed by atoms with Crippen molar-refractivity contribution in [2.24, 2.45) is 0 Å². The predicted octanol–water partition coefficient (Wildman–Crippen LogP) is 2.28. The zero-order valence-electron chi connectivity index (χ0n) is 15.3. The molecule has 1 saturated heterocycles. The van der Waals surface area contributed by atoms with Gasteiger partial charge in [0.05, 0.1) is 6.54 Å². The molecule has 1 aliphatic rings. The van der Waals surface area contributed by atoms with E-state index in [0.29, 0.717) is 13.1 Å². The summed E-state index contributed by atoms with van der Waals surface area (Å²) in [5, 5.41) is 6.08. The van der Waals surface area contributed by atoms with Crippen LogP contribution in [0.5, 0.6) is 0 Å². The number of amides is 2. The second-order valence-electron chi connectivity index (χ2n) is 7.34. The Kier molecular flexibility index (Phi) is 7.82. The third kappa shape index (κ3) is 7.68. The maximum absolute atomic E-state index is 12.3. The minimum atomic E-state index is -0.467. The van der Waals surface area contributed by atoms with E-state index < -0.39 is 5.60 Å². The summed E-state index contributed by atoms with van der Waals surface area (Å²) in [5.74, 6) is 0.0223. The molecule has 6 nitrogen and oxygen atoms in total. The monoisotopic (exact) mass is 327 g/mol. The molecule has 0 aromatic rings. The number of nitrogens with zero attached hydrogens (tertiary/aromatic N) is 1. The first-order valence-corrected chi connectivity index (χ1v) is 8.72. The largest absolute Gasteiger partial charge is 0.444 e. The lowest BCUT2D eigenvalue weighted by Gasteiger charge is -2.30. The molecule has 0 saturated carbocycles. The molecule has 0 bridgehead atoms. The number of likely N-dealkylation sites (tertiary alicyclic amines) is 1. The van der Waals surface area contributed by atoms with Gasteiger partial charge in [-0.3, -0.25) is 4.79 Å². The Morgan fingerprint density at radius 3 is 2.65 bits per heavy atom. The van der Waals surface area contributed by atoms with Crippen molar-refractivity contribution in [2.75, 3.05) is 19.6 Å². The highest BCUT2D eigenvalue weighted by Gasteiger charge is 2.32. The van der Waals surface area contributed by atoms with E-state index in [1.54, 1.807) is 0 Å². The molecular formula is C17H33N3O3. The minimum absolute atomic E-state index is 0.0223. The second kappa shape index (κ2) is 9.11. The van der Waals surface area contributed by atoms with Gasteiger partial charge in [-0.15, -0.1) is 0 Å². The van der Waals surface area contributed by atoms with E-state index in [1.165, 1.54) is 0 Å². The first-order chi connectivity index (χ1) is 10.7. The van der Waals surface area contributed by atoms with Gasteiger partial charge in [-0.25, -0.2) is 4.79 Å². The molecule has 1 fully saturated rings. The molecule has 2 amide bonds. The van der Waals surface area contributed by atoms with E-state index in [1.807, 2.05) is 32.6 Å². The number of hydrogen-bond acceptors (Lipinski definition) is 4. The summed E-state index contributed by atoms with van der Waals surface area (Å²) in [6, 6.07) is 0.362. The highest BCUT2D eigenvalue weighted by Crippen LogP contribution is 2.23. The average Bonchev–Trinajstić information content (AvgIpc) is 2.89. The summed E-state index contributed by atoms with van der Waals surface area (Å²) in [5.41, 5.74) is -0.467. The van der Waals surface area contributed by atoms with E-state index >= 15 is 0 Å². The number of hydrogen-bond donors (Lipinski definition) is 2. The van der Waals surface area contributed by atoms with Gasteiger partial charge in [0, 0.05) is 25.2 Å². The van der Waals surface area contributed by atoms with Gasteiger partial charge in [0.2, 0.25) is 5.91 Å². The molecule has 0 aromatic heterocycles. The van der Waals surface area contributed by atoms with Crippen LogP contribution in [0.15, 0.2) is 0 Å². The van der Waals surface area contributed by atoms with Gasteiger partial charge >= 0.3 is 6.09 Å². The van der Waals surface area contributed by atoms with Gasteiger partial charge in [0.1, 0.15) is 5.60 Å². The molecular weight excluding hydrogens is 294 g/mol. The van der Waals surface area contributed by atoms with Gasteiger partial charge in [-0.1, -0.05) is 6.92 Å². The third-order valence-corrected chi connectivity index (χ3v) is 3.81. The van der Waals surface area contributed by atoms with Crippen LogP contribution in [0.3, 0.4) is 0 Å². The number of carbonyl (C=O) groups excluding carboxylic acids is 2. The fourth-order valence-corrected chi connectivity index (χ4v) is 2.73. The van der Waals surface area contributed by atoms with E-state index in [4.69, 9.17) is 4.74 Å². The molecule has 2 N–H and O–H groups in total. The van der Waals surface area contributed by atoms with Crippen LogP contribution in [0, 0.1) is 0 Å². The van der Waals surface area contributed by atoms with Gasteiger partial charge in [0.15, 0.2) is 0 Å². The van der Waals surface area contributed by atoms with Crippen LogP contribution in [-0.2, 0) is 9.53 Å². The van der Waals surface area contributed by atoms with Crippen LogP contribution in [0.4, 0.5) is 4.79 Å². The van der Waals surface area contributed by atoms with Crippen molar-refractivity contribution in [1.29, 1.82) is 0 Å². The van der Waals surface area contributed by atoms with Gasteiger partial charge in [-0.2, -0.15) is 0 Å². The fourth-order valence-electron chi connectivity index (χ4n) is 2.73. The quantitative estimate of drug-likeness (QED) is 0.752. The van der Waals surface area contributed by atoms with Gasteiger partial charge in [0.25, 0.3) is 0 Å². The Labute approximate surface area is 140 Å². The first kappa shape index (κ1) is 19.7. The molecule has 134 valence electrons. The van der Waals surface area contributed by atoms with Crippen LogP contribution >= 0.6 is 0 Å². The number of rotatable bonds is 7. The minimum Gasteiger partial charge on any atom is -0.444 e. The van der Waals surface area contributed by atoms with Crippen molar-refractivity contribution < 1.29 is 14.3 Å². The fraction of sp³-hybridized carbons (Fsp3) is 0.882. The number of ether oxygens (including phenoxy) is 1. The Bertz CT molecular complexity index is 393. The zero-order valence-corrected chi connectivity index (χ0v) is 15.3. The SMILES string of the molecule is CCCNC(=O)CNC(C)CC1CCCN1C(=O)OC(C)(C)C. The van der Waals surface area contributed by atoms with Crippen molar-refractivity contribution in [3.63, 3.8) is 0 Å². The average molecular weight is 327 g/mol. The van der Waals surface area contributed by atoms with Crippen LogP contribution in [0.1, 0.15) is 60.3 Å². The lowest BCUT2D eigenvalue weighted by Crippen LogP contribution is -2.44. The highest BCUT2D eigenvalue weighted by atomic mass is 16.6. The van der Waals surface area contributed by atoms with Crippen LogP contribution in [0.25, 0.3) is 0 Å². The third-order valence-electron chi connectivity index (χ3n) is 3.81. The molecule has 0 spiro atoms. The molecule has 1 aliphatic heterocycles. The smallest absolute Gasteiger partial charge is 0.410 e. The summed E-state index contributed by atoms with van der Waals surface area (Å²) in [7, 11) is 0. The van der Waals surface area contributed by atoms with Crippen molar-refractivity contribution in [1.82, 2.24) is 15.5 Å². The number of nitrogens with one attached hydrogen (secondary N) is 2. The molecule has 2 unspecified atom stereocenters. The molecule has 23 heavy (non-hydrogen) atoms. The Morgan fingerprint density at radius 1 is 1.35 bits per heavy atom. The standard InChI is InChI=1S/C17H33N3O3/c1-6-9-18-15(21)12-19-13(2)11-14-8-7-10-20(14)16(22)23-17(3,4)5/h13-14,19H,6-12H2,1-5H3,(H,18,21). The summed E-state index contributed by atoms with van der Waals surface area (Å²) >= 11 is 0. The van der Waals surface area contributed by atoms with E-state index in [2.05, 4.69) is 17.6 Å². The molecule has 2 atom stereocenters. The van der Waals surface area contributed by atoms with Crippen molar-refractivity contribution in [2.45, 2.75) is 78.0 Å². The molecule has 0 aromatic carbocycles. The van der Waals surface area contributed by atoms with E-state index in [0.717, 1.165) is 32.2 Å². The van der Waals surface area contributed by atoms with E-state index in [-0.39, 0.29) is 24.1 Å². The summed E-state index contributed by atoms with van der Waals surface area (Å²) in [6.07, 6.45) is 3.54. The maximum Gasteiger partial charge on any atom is 0.410 e. The molecule has 0 aliphatic carbocycles. The van der Waals surface area contributed by atoms with Crippen molar-refractivity contribution in [3.05, 3.63) is 0 Å². The molecule has 1 rings (SSSR count). The normalized spacial score (nSPS) is 19.5. The topological polar surface area (TPSA) is 70.7 Å². The Morgan fingerprint density at radius 2 is 2.04 bits per heavy atom. The maximum atomic E-state index is 12.3. The Hall–Kier alpha value is -1.30. The first-order valence-electron chi connectivity index (χ1n) is 8.72. The molecule has 1 heterocycles. The summed E-state index contributed by atoms with van der Waals surface area (Å²) in [6.45, 7) is 11.5. The van der Waals surface area contributed by atoms with Crippen LogP contribution in [0.2, 0.25) is 0 Å². The van der Waals surface area contributed by atoms with Crippen molar-refractivity contribution >= 4 is 12.0 Å². The molecule has 0 radical (unpaired) electrons. The second-order valence-corrected chi connectivity index (χ2v) is 7.34. The summed E-state index contributed by atoms with van der Waals surface area (Å²) < 4.78 is 5.48. The van der Waals surface area contributed by atoms with Crippen LogP contribution < -0.4 is 10.6 Å². The predicted molar refractivity (Wildman–Crippen MR) is 91.3 cm³/mol. The van der Waals surface area contributed by atoms with Gasteiger partial charge < -0.3 is 20.3 Å². The van der Waals surface area contributed by atoms with Crippen LogP contribution in [-0.4, -0.2) is 54.2 Å². The van der Waals surface area contributed by atoms with Gasteiger partial charge in [-0.05, 0) is 53.4 Å². The highest BCUT2D eigenvalue weighted by molar-refractivity contribution is 5.77. The lowest BCUT2D eigenvalue weighted by molar-refractivity contribution is -0.120. The lowest BCUT2D eigenvalue weighted by atomic mass is 10.1. The summed E-state index contributed by atoms with van der Waals surface area (Å²) in [4.78, 5) is 25.7. The zero-order chi connectivity index (χ0) is 17.5. The van der Waals surface area contributed by atoms with E-state index in [9.17, 15) is 9.59 Å². The van der Waals surface area contributed by atoms with Crippen molar-refractivity contribution in [3.8, 4) is 0 Å². The number of carbonyl (C=O) groups is 2. The Balaban J connectivity index is 2.39. The molecule has 6 heteroatoms.